The topological polar surface area (TPSA) is 76.0 Å². The van der Waals surface area contributed by atoms with E-state index in [0.717, 1.165) is 12.8 Å². The zero-order chi connectivity index (χ0) is 24.1. The van der Waals surface area contributed by atoms with Gasteiger partial charge in [0.15, 0.2) is 6.29 Å². The molecule has 0 aromatic heterocycles. The van der Waals surface area contributed by atoms with E-state index in [9.17, 15) is 15.0 Å². The molecule has 12 atom stereocenters. The van der Waals surface area contributed by atoms with Gasteiger partial charge in [-0.2, -0.15) is 0 Å². The smallest absolute Gasteiger partial charge is 0.302 e. The minimum absolute atomic E-state index is 0.0432. The molecule has 5 heteroatoms. The maximum Gasteiger partial charge on any atom is 0.302 e. The summed E-state index contributed by atoms with van der Waals surface area (Å²) in [5.74, 6) is 0.689. The molecule has 5 aliphatic rings. The van der Waals surface area contributed by atoms with Gasteiger partial charge in [-0.3, -0.25) is 4.79 Å². The molecular weight excluding hydrogens is 416 g/mol. The number of ether oxygens (including phenoxy) is 2. The Balaban J connectivity index is 1.63. The summed E-state index contributed by atoms with van der Waals surface area (Å²) in [6.07, 6.45) is 5.81. The SMILES string of the molecule is CC(=O)OC1CC2C3(C)CCCC(C)(C)C3CCC2(C)C2CC(O)C3C(C)OC(O)C3C12C. The van der Waals surface area contributed by atoms with Gasteiger partial charge in [0.05, 0.1) is 12.2 Å². The monoisotopic (exact) mass is 462 g/mol. The molecule has 1 heterocycles. The van der Waals surface area contributed by atoms with Gasteiger partial charge in [-0.05, 0) is 79.4 Å². The Bertz CT molecular complexity index is 810. The zero-order valence-corrected chi connectivity index (χ0v) is 21.8. The van der Waals surface area contributed by atoms with Crippen molar-refractivity contribution in [2.45, 2.75) is 118 Å². The summed E-state index contributed by atoms with van der Waals surface area (Å²) >= 11 is 0. The van der Waals surface area contributed by atoms with Crippen LogP contribution in [0, 0.1) is 51.2 Å². The van der Waals surface area contributed by atoms with Crippen molar-refractivity contribution in [3.8, 4) is 0 Å². The summed E-state index contributed by atoms with van der Waals surface area (Å²) in [6.45, 7) is 15.6. The highest BCUT2D eigenvalue weighted by atomic mass is 16.6. The first-order valence-electron chi connectivity index (χ1n) is 13.5. The number of hydrogen-bond acceptors (Lipinski definition) is 5. The molecule has 5 rings (SSSR count). The van der Waals surface area contributed by atoms with Crippen LogP contribution in [0.3, 0.4) is 0 Å². The van der Waals surface area contributed by atoms with E-state index in [0.29, 0.717) is 23.7 Å². The predicted octanol–water partition coefficient (Wildman–Crippen LogP) is 4.93. The molecule has 2 N–H and O–H groups in total. The second kappa shape index (κ2) is 7.43. The van der Waals surface area contributed by atoms with Crippen molar-refractivity contribution in [2.24, 2.45) is 51.2 Å². The molecule has 1 aliphatic heterocycles. The number of carbonyl (C=O) groups excluding carboxylic acids is 1. The van der Waals surface area contributed by atoms with E-state index in [4.69, 9.17) is 9.47 Å². The van der Waals surface area contributed by atoms with Gasteiger partial charge in [-0.1, -0.05) is 41.0 Å². The lowest BCUT2D eigenvalue weighted by molar-refractivity contribution is -0.276. The molecule has 4 aliphatic carbocycles. The summed E-state index contributed by atoms with van der Waals surface area (Å²) in [4.78, 5) is 12.4. The van der Waals surface area contributed by atoms with Crippen molar-refractivity contribution >= 4 is 5.97 Å². The van der Waals surface area contributed by atoms with Crippen LogP contribution in [0.15, 0.2) is 0 Å². The van der Waals surface area contributed by atoms with Crippen LogP contribution >= 0.6 is 0 Å². The Labute approximate surface area is 200 Å². The molecule has 5 nitrogen and oxygen atoms in total. The first-order chi connectivity index (χ1) is 15.3. The lowest BCUT2D eigenvalue weighted by Gasteiger charge is -2.71. The molecule has 5 fully saturated rings. The maximum absolute atomic E-state index is 12.4. The Kier molecular flexibility index (Phi) is 5.42. The Morgan fingerprint density at radius 2 is 1.61 bits per heavy atom. The Morgan fingerprint density at radius 1 is 0.939 bits per heavy atom. The van der Waals surface area contributed by atoms with Crippen molar-refractivity contribution < 1.29 is 24.5 Å². The van der Waals surface area contributed by atoms with E-state index in [1.54, 1.807) is 0 Å². The van der Waals surface area contributed by atoms with Gasteiger partial charge in [0, 0.05) is 24.2 Å². The third-order valence-electron chi connectivity index (χ3n) is 12.1. The average molecular weight is 463 g/mol. The molecule has 188 valence electrons. The number of carbonyl (C=O) groups is 1. The molecule has 0 bridgehead atoms. The Morgan fingerprint density at radius 3 is 2.27 bits per heavy atom. The standard InChI is InChI=1S/C28H46O5/c1-15-22-17(30)13-20-27(6)12-9-18-25(3,4)10-8-11-26(18,5)19(27)14-21(33-16(2)29)28(20,7)23(22)24(31)32-15/h15,17-24,30-31H,8-14H2,1-7H3. The highest BCUT2D eigenvalue weighted by Crippen LogP contribution is 2.74. The molecule has 0 spiro atoms. The van der Waals surface area contributed by atoms with Crippen LogP contribution in [0.25, 0.3) is 0 Å². The van der Waals surface area contributed by atoms with Crippen molar-refractivity contribution in [2.75, 3.05) is 0 Å². The number of esters is 1. The van der Waals surface area contributed by atoms with Gasteiger partial charge in [0.1, 0.15) is 6.10 Å². The summed E-state index contributed by atoms with van der Waals surface area (Å²) in [6, 6.07) is 0. The first-order valence-corrected chi connectivity index (χ1v) is 13.5. The minimum Gasteiger partial charge on any atom is -0.462 e. The fourth-order valence-corrected chi connectivity index (χ4v) is 10.9. The predicted molar refractivity (Wildman–Crippen MR) is 126 cm³/mol. The van der Waals surface area contributed by atoms with Crippen molar-refractivity contribution in [1.82, 2.24) is 0 Å². The number of fused-ring (bicyclic) bond motifs is 7. The van der Waals surface area contributed by atoms with E-state index in [1.165, 1.54) is 32.6 Å². The lowest BCUT2D eigenvalue weighted by Crippen LogP contribution is -2.69. The molecule has 4 saturated carbocycles. The van der Waals surface area contributed by atoms with Gasteiger partial charge in [0.2, 0.25) is 0 Å². The van der Waals surface area contributed by atoms with E-state index >= 15 is 0 Å². The first kappa shape index (κ1) is 24.1. The van der Waals surface area contributed by atoms with Crippen LogP contribution in [0.5, 0.6) is 0 Å². The quantitative estimate of drug-likeness (QED) is 0.541. The minimum atomic E-state index is -0.925. The van der Waals surface area contributed by atoms with Gasteiger partial charge in [-0.15, -0.1) is 0 Å². The second-order valence-electron chi connectivity index (χ2n) is 13.9. The van der Waals surface area contributed by atoms with E-state index in [1.807, 2.05) is 6.92 Å². The molecular formula is C28H46O5. The third-order valence-corrected chi connectivity index (χ3v) is 12.1. The molecule has 0 aromatic rings. The number of hydrogen-bond donors (Lipinski definition) is 2. The number of aliphatic hydroxyl groups excluding tert-OH is 2. The van der Waals surface area contributed by atoms with Gasteiger partial charge in [-0.25, -0.2) is 0 Å². The van der Waals surface area contributed by atoms with Gasteiger partial charge in [0.25, 0.3) is 0 Å². The van der Waals surface area contributed by atoms with Crippen molar-refractivity contribution in [1.29, 1.82) is 0 Å². The van der Waals surface area contributed by atoms with Crippen LogP contribution in [-0.2, 0) is 14.3 Å². The van der Waals surface area contributed by atoms with Gasteiger partial charge >= 0.3 is 5.97 Å². The van der Waals surface area contributed by atoms with Crippen LogP contribution < -0.4 is 0 Å². The van der Waals surface area contributed by atoms with Crippen molar-refractivity contribution in [3.05, 3.63) is 0 Å². The van der Waals surface area contributed by atoms with Crippen LogP contribution in [-0.4, -0.2) is 40.8 Å². The normalized spacial score (nSPS) is 57.3. The number of aliphatic hydroxyl groups is 2. The second-order valence-corrected chi connectivity index (χ2v) is 13.9. The third kappa shape index (κ3) is 3.10. The summed E-state index contributed by atoms with van der Waals surface area (Å²) in [5.41, 5.74) is 0.155. The van der Waals surface area contributed by atoms with E-state index in [2.05, 4.69) is 34.6 Å². The van der Waals surface area contributed by atoms with Crippen LogP contribution in [0.1, 0.15) is 93.4 Å². The van der Waals surface area contributed by atoms with Gasteiger partial charge < -0.3 is 19.7 Å². The molecule has 0 radical (unpaired) electrons. The fraction of sp³-hybridized carbons (Fsp3) is 0.964. The molecule has 0 aromatic carbocycles. The summed E-state index contributed by atoms with van der Waals surface area (Å²) < 4.78 is 12.1. The summed E-state index contributed by atoms with van der Waals surface area (Å²) in [5, 5.41) is 22.5. The van der Waals surface area contributed by atoms with Crippen molar-refractivity contribution in [3.63, 3.8) is 0 Å². The highest BCUT2D eigenvalue weighted by molar-refractivity contribution is 5.66. The zero-order valence-electron chi connectivity index (χ0n) is 21.8. The largest absolute Gasteiger partial charge is 0.462 e. The summed E-state index contributed by atoms with van der Waals surface area (Å²) in [7, 11) is 0. The molecule has 33 heavy (non-hydrogen) atoms. The maximum atomic E-state index is 12.4. The average Bonchev–Trinajstić information content (AvgIpc) is 3.00. The molecule has 12 unspecified atom stereocenters. The number of rotatable bonds is 1. The van der Waals surface area contributed by atoms with E-state index in [-0.39, 0.29) is 46.8 Å². The van der Waals surface area contributed by atoms with Crippen LogP contribution in [0.4, 0.5) is 0 Å². The molecule has 0 amide bonds. The Hall–Kier alpha value is -0.650. The fourth-order valence-electron chi connectivity index (χ4n) is 10.9. The van der Waals surface area contributed by atoms with Crippen LogP contribution in [0.2, 0.25) is 0 Å². The lowest BCUT2D eigenvalue weighted by atomic mass is 9.34. The van der Waals surface area contributed by atoms with E-state index < -0.39 is 17.8 Å². The highest BCUT2D eigenvalue weighted by Gasteiger charge is 2.73. The molecule has 1 saturated heterocycles.